The Bertz CT molecular complexity index is 900. The number of aryl methyl sites for hydroxylation is 1. The quantitative estimate of drug-likeness (QED) is 0.717. The number of carbonyl (C=O) groups is 1. The van der Waals surface area contributed by atoms with Gasteiger partial charge in [-0.2, -0.15) is 16.8 Å². The first-order valence-corrected chi connectivity index (χ1v) is 9.32. The second-order valence-corrected chi connectivity index (χ2v) is 6.92. The minimum atomic E-state index is -0.282. The standard InChI is InChI=1S/C17H15FN2OS2/c1-22-10-9-20-14-8-7-13(18)11-15(14)23-17(20)19-16(21)12-5-3-2-4-6-12/h2-8,11H,9-10H2,1H3. The molecule has 1 amide bonds. The summed E-state index contributed by atoms with van der Waals surface area (Å²) in [4.78, 5) is 17.2. The Kier molecular flexibility index (Phi) is 4.93. The van der Waals surface area contributed by atoms with Gasteiger partial charge in [0, 0.05) is 17.9 Å². The number of rotatable bonds is 4. The molecular weight excluding hydrogens is 331 g/mol. The SMILES string of the molecule is CSCCn1c(=NC(=O)c2ccccc2)sc2cc(F)ccc21. The highest BCUT2D eigenvalue weighted by Gasteiger charge is 2.09. The summed E-state index contributed by atoms with van der Waals surface area (Å²) in [5, 5.41) is 0. The van der Waals surface area contributed by atoms with Gasteiger partial charge in [-0.1, -0.05) is 29.5 Å². The minimum absolute atomic E-state index is 0.281. The second-order valence-electron chi connectivity index (χ2n) is 4.92. The topological polar surface area (TPSA) is 34.4 Å². The van der Waals surface area contributed by atoms with Crippen LogP contribution in [0.2, 0.25) is 0 Å². The van der Waals surface area contributed by atoms with Crippen LogP contribution in [0.3, 0.4) is 0 Å². The lowest BCUT2D eigenvalue weighted by Gasteiger charge is -2.03. The van der Waals surface area contributed by atoms with Crippen molar-refractivity contribution in [2.45, 2.75) is 6.54 Å². The lowest BCUT2D eigenvalue weighted by Crippen LogP contribution is -2.18. The molecule has 0 aliphatic carbocycles. The molecule has 23 heavy (non-hydrogen) atoms. The molecule has 0 N–H and O–H groups in total. The molecule has 0 atom stereocenters. The zero-order valence-corrected chi connectivity index (χ0v) is 14.2. The smallest absolute Gasteiger partial charge is 0.279 e. The van der Waals surface area contributed by atoms with Gasteiger partial charge in [0.2, 0.25) is 0 Å². The molecule has 6 heteroatoms. The van der Waals surface area contributed by atoms with Crippen LogP contribution in [0.5, 0.6) is 0 Å². The fourth-order valence-electron chi connectivity index (χ4n) is 2.26. The van der Waals surface area contributed by atoms with E-state index in [4.69, 9.17) is 0 Å². The summed E-state index contributed by atoms with van der Waals surface area (Å²) in [6.45, 7) is 0.730. The number of amides is 1. The van der Waals surface area contributed by atoms with Crippen molar-refractivity contribution < 1.29 is 9.18 Å². The summed E-state index contributed by atoms with van der Waals surface area (Å²) in [6.07, 6.45) is 2.03. The van der Waals surface area contributed by atoms with Crippen molar-refractivity contribution in [3.63, 3.8) is 0 Å². The molecule has 0 bridgehead atoms. The first-order chi connectivity index (χ1) is 11.2. The molecule has 118 valence electrons. The summed E-state index contributed by atoms with van der Waals surface area (Å²) >= 11 is 3.06. The fourth-order valence-corrected chi connectivity index (χ4v) is 3.71. The Labute approximate surface area is 141 Å². The molecular formula is C17H15FN2OS2. The van der Waals surface area contributed by atoms with Crippen LogP contribution in [-0.2, 0) is 6.54 Å². The maximum absolute atomic E-state index is 13.5. The third kappa shape index (κ3) is 3.54. The number of hydrogen-bond donors (Lipinski definition) is 0. The zero-order valence-electron chi connectivity index (χ0n) is 12.5. The summed E-state index contributed by atoms with van der Waals surface area (Å²) in [6, 6.07) is 13.6. The van der Waals surface area contributed by atoms with Crippen LogP contribution >= 0.6 is 23.1 Å². The Hall–Kier alpha value is -1.92. The van der Waals surface area contributed by atoms with Crippen molar-refractivity contribution in [2.24, 2.45) is 4.99 Å². The van der Waals surface area contributed by atoms with E-state index < -0.39 is 0 Å². The number of carbonyl (C=O) groups excluding carboxylic acids is 1. The predicted molar refractivity (Wildman–Crippen MR) is 94.5 cm³/mol. The minimum Gasteiger partial charge on any atom is -0.316 e. The van der Waals surface area contributed by atoms with Crippen molar-refractivity contribution >= 4 is 39.2 Å². The molecule has 3 nitrogen and oxygen atoms in total. The van der Waals surface area contributed by atoms with E-state index in [1.807, 2.05) is 29.0 Å². The third-order valence-corrected chi connectivity index (χ3v) is 5.01. The molecule has 1 aromatic heterocycles. The molecule has 3 rings (SSSR count). The van der Waals surface area contributed by atoms with Gasteiger partial charge in [-0.3, -0.25) is 4.79 Å². The summed E-state index contributed by atoms with van der Waals surface area (Å²) in [5.74, 6) is 0.336. The molecule has 3 aromatic rings. The van der Waals surface area contributed by atoms with Crippen molar-refractivity contribution in [1.29, 1.82) is 0 Å². The predicted octanol–water partition coefficient (Wildman–Crippen LogP) is 3.95. The average molecular weight is 346 g/mol. The maximum atomic E-state index is 13.5. The molecule has 1 heterocycles. The highest BCUT2D eigenvalue weighted by Crippen LogP contribution is 2.19. The molecule has 0 saturated heterocycles. The van der Waals surface area contributed by atoms with Crippen LogP contribution in [0.15, 0.2) is 53.5 Å². The first-order valence-electron chi connectivity index (χ1n) is 7.11. The Morgan fingerprint density at radius 2 is 2.04 bits per heavy atom. The summed E-state index contributed by atoms with van der Waals surface area (Å²) in [5.41, 5.74) is 1.46. The number of fused-ring (bicyclic) bond motifs is 1. The third-order valence-electron chi connectivity index (χ3n) is 3.38. The van der Waals surface area contributed by atoms with E-state index in [0.29, 0.717) is 10.4 Å². The van der Waals surface area contributed by atoms with Gasteiger partial charge in [-0.15, -0.1) is 0 Å². The number of hydrogen-bond acceptors (Lipinski definition) is 3. The van der Waals surface area contributed by atoms with E-state index in [2.05, 4.69) is 4.99 Å². The van der Waals surface area contributed by atoms with Crippen LogP contribution in [0, 0.1) is 5.82 Å². The van der Waals surface area contributed by atoms with Crippen LogP contribution in [0.25, 0.3) is 10.2 Å². The van der Waals surface area contributed by atoms with Crippen LogP contribution < -0.4 is 4.80 Å². The maximum Gasteiger partial charge on any atom is 0.279 e. The van der Waals surface area contributed by atoms with E-state index in [9.17, 15) is 9.18 Å². The Morgan fingerprint density at radius 1 is 1.26 bits per heavy atom. The normalized spacial score (nSPS) is 12.0. The van der Waals surface area contributed by atoms with Crippen molar-refractivity contribution in [3.8, 4) is 0 Å². The zero-order chi connectivity index (χ0) is 16.2. The van der Waals surface area contributed by atoms with Crippen molar-refractivity contribution in [1.82, 2.24) is 4.57 Å². The van der Waals surface area contributed by atoms with E-state index in [1.165, 1.54) is 23.5 Å². The van der Waals surface area contributed by atoms with Gasteiger partial charge in [0.25, 0.3) is 5.91 Å². The number of halogens is 1. The van der Waals surface area contributed by atoms with Crippen molar-refractivity contribution in [2.75, 3.05) is 12.0 Å². The van der Waals surface area contributed by atoms with Gasteiger partial charge in [0.15, 0.2) is 4.80 Å². The van der Waals surface area contributed by atoms with E-state index in [1.54, 1.807) is 30.0 Å². The van der Waals surface area contributed by atoms with Crippen LogP contribution in [-0.4, -0.2) is 22.5 Å². The average Bonchev–Trinajstić information content (AvgIpc) is 2.89. The lowest BCUT2D eigenvalue weighted by atomic mass is 10.2. The van der Waals surface area contributed by atoms with Crippen molar-refractivity contribution in [3.05, 3.63) is 64.7 Å². The van der Waals surface area contributed by atoms with E-state index in [0.717, 1.165) is 22.5 Å². The molecule has 0 unspecified atom stereocenters. The van der Waals surface area contributed by atoms with Gasteiger partial charge in [-0.05, 0) is 36.6 Å². The van der Waals surface area contributed by atoms with Gasteiger partial charge < -0.3 is 4.57 Å². The second kappa shape index (κ2) is 7.10. The molecule has 0 radical (unpaired) electrons. The van der Waals surface area contributed by atoms with E-state index in [-0.39, 0.29) is 11.7 Å². The van der Waals surface area contributed by atoms with Gasteiger partial charge >= 0.3 is 0 Å². The van der Waals surface area contributed by atoms with Gasteiger partial charge in [0.05, 0.1) is 10.2 Å². The largest absolute Gasteiger partial charge is 0.316 e. The number of aromatic nitrogens is 1. The Morgan fingerprint density at radius 3 is 2.78 bits per heavy atom. The highest BCUT2D eigenvalue weighted by molar-refractivity contribution is 7.98. The fraction of sp³-hybridized carbons (Fsp3) is 0.176. The van der Waals surface area contributed by atoms with Gasteiger partial charge in [0.1, 0.15) is 5.82 Å². The number of thiazole rings is 1. The first kappa shape index (κ1) is 16.0. The summed E-state index contributed by atoms with van der Waals surface area (Å²) < 4.78 is 16.2. The molecule has 0 spiro atoms. The van der Waals surface area contributed by atoms with E-state index >= 15 is 0 Å². The van der Waals surface area contributed by atoms with Crippen LogP contribution in [0.4, 0.5) is 4.39 Å². The monoisotopic (exact) mass is 346 g/mol. The number of thioether (sulfide) groups is 1. The molecule has 0 aliphatic heterocycles. The number of nitrogens with zero attached hydrogens (tertiary/aromatic N) is 2. The van der Waals surface area contributed by atoms with Crippen LogP contribution in [0.1, 0.15) is 10.4 Å². The van der Waals surface area contributed by atoms with Gasteiger partial charge in [-0.25, -0.2) is 4.39 Å². The lowest BCUT2D eigenvalue weighted by molar-refractivity contribution is 0.0998. The summed E-state index contributed by atoms with van der Waals surface area (Å²) in [7, 11) is 0. The molecule has 0 aliphatic rings. The highest BCUT2D eigenvalue weighted by atomic mass is 32.2. The molecule has 0 saturated carbocycles. The molecule has 0 fully saturated rings. The molecule has 2 aromatic carbocycles. The number of benzene rings is 2. The Balaban J connectivity index is 2.11.